The molecule has 0 fully saturated rings. The number of aliphatic hydroxyl groups is 1. The molecule has 0 aliphatic heterocycles. The van der Waals surface area contributed by atoms with Crippen molar-refractivity contribution >= 4 is 23.6 Å². The SMILES string of the molecule is COC(=O)c1cc(Nc2nc(NCC(O)c3cc(F)c(F)c(F)c3)n(C)c(=O)n2)c(C)cc1F. The summed E-state index contributed by atoms with van der Waals surface area (Å²) in [4.78, 5) is 31.8. The summed E-state index contributed by atoms with van der Waals surface area (Å²) in [6.07, 6.45) is -1.48. The van der Waals surface area contributed by atoms with Gasteiger partial charge in [0.15, 0.2) is 17.5 Å². The zero-order valence-electron chi connectivity index (χ0n) is 18.1. The number of rotatable bonds is 7. The molecule has 3 aromatic rings. The molecule has 34 heavy (non-hydrogen) atoms. The highest BCUT2D eigenvalue weighted by Crippen LogP contribution is 2.24. The maximum atomic E-state index is 14.1. The molecular weight excluding hydrogens is 462 g/mol. The first kappa shape index (κ1) is 24.6. The number of halogens is 4. The number of aromatic nitrogens is 3. The number of nitrogens with zero attached hydrogens (tertiary/aromatic N) is 3. The van der Waals surface area contributed by atoms with Gasteiger partial charge < -0.3 is 20.5 Å². The molecule has 1 heterocycles. The normalized spacial score (nSPS) is 11.8. The van der Waals surface area contributed by atoms with Crippen molar-refractivity contribution in [2.24, 2.45) is 7.05 Å². The van der Waals surface area contributed by atoms with E-state index in [4.69, 9.17) is 0 Å². The Morgan fingerprint density at radius 2 is 1.76 bits per heavy atom. The Hall–Kier alpha value is -4.00. The van der Waals surface area contributed by atoms with E-state index in [0.29, 0.717) is 17.7 Å². The van der Waals surface area contributed by atoms with Crippen LogP contribution in [0.2, 0.25) is 0 Å². The van der Waals surface area contributed by atoms with Crippen molar-refractivity contribution in [2.45, 2.75) is 13.0 Å². The smallest absolute Gasteiger partial charge is 0.353 e. The van der Waals surface area contributed by atoms with E-state index >= 15 is 0 Å². The van der Waals surface area contributed by atoms with E-state index in [1.807, 2.05) is 0 Å². The van der Waals surface area contributed by atoms with E-state index in [0.717, 1.165) is 17.7 Å². The van der Waals surface area contributed by atoms with Gasteiger partial charge in [-0.3, -0.25) is 4.57 Å². The van der Waals surface area contributed by atoms with Crippen LogP contribution in [0.1, 0.15) is 27.6 Å². The summed E-state index contributed by atoms with van der Waals surface area (Å²) in [7, 11) is 2.43. The van der Waals surface area contributed by atoms with Crippen LogP contribution in [0.5, 0.6) is 0 Å². The summed E-state index contributed by atoms with van der Waals surface area (Å²) < 4.78 is 59.6. The highest BCUT2D eigenvalue weighted by Gasteiger charge is 2.18. The summed E-state index contributed by atoms with van der Waals surface area (Å²) in [5, 5.41) is 15.6. The number of carbonyl (C=O) groups is 1. The van der Waals surface area contributed by atoms with Gasteiger partial charge in [-0.2, -0.15) is 9.97 Å². The Morgan fingerprint density at radius 1 is 1.12 bits per heavy atom. The fraction of sp³-hybridized carbons (Fsp3) is 0.238. The van der Waals surface area contributed by atoms with Crippen LogP contribution < -0.4 is 16.3 Å². The molecule has 0 bridgehead atoms. The van der Waals surface area contributed by atoms with E-state index in [1.165, 1.54) is 13.1 Å². The third-order valence-corrected chi connectivity index (χ3v) is 4.83. The molecule has 13 heteroatoms. The second-order valence-electron chi connectivity index (χ2n) is 7.17. The average Bonchev–Trinajstić information content (AvgIpc) is 2.79. The molecule has 3 N–H and O–H groups in total. The molecule has 0 radical (unpaired) electrons. The van der Waals surface area contributed by atoms with Gasteiger partial charge >= 0.3 is 11.7 Å². The Labute approximate surface area is 190 Å². The molecule has 0 saturated carbocycles. The van der Waals surface area contributed by atoms with Crippen LogP contribution in [0.3, 0.4) is 0 Å². The third-order valence-electron chi connectivity index (χ3n) is 4.83. The Bertz CT molecular complexity index is 1290. The van der Waals surface area contributed by atoms with Gasteiger partial charge in [0.25, 0.3) is 0 Å². The lowest BCUT2D eigenvalue weighted by molar-refractivity contribution is 0.0595. The van der Waals surface area contributed by atoms with Crippen molar-refractivity contribution in [3.05, 3.63) is 74.7 Å². The summed E-state index contributed by atoms with van der Waals surface area (Å²) in [6.45, 7) is 1.19. The largest absolute Gasteiger partial charge is 0.465 e. The second-order valence-corrected chi connectivity index (χ2v) is 7.17. The molecule has 0 aliphatic rings. The van der Waals surface area contributed by atoms with Crippen LogP contribution in [-0.2, 0) is 11.8 Å². The molecule has 180 valence electrons. The highest BCUT2D eigenvalue weighted by molar-refractivity contribution is 5.91. The number of aryl methyl sites for hydroxylation is 1. The Balaban J connectivity index is 1.85. The van der Waals surface area contributed by atoms with Crippen LogP contribution in [0.15, 0.2) is 29.1 Å². The number of anilines is 3. The molecule has 9 nitrogen and oxygen atoms in total. The fourth-order valence-corrected chi connectivity index (χ4v) is 2.94. The number of carbonyl (C=O) groups excluding carboxylic acids is 1. The van der Waals surface area contributed by atoms with Crippen molar-refractivity contribution in [1.82, 2.24) is 14.5 Å². The lowest BCUT2D eigenvalue weighted by Crippen LogP contribution is -2.27. The first-order chi connectivity index (χ1) is 16.0. The van der Waals surface area contributed by atoms with Crippen LogP contribution >= 0.6 is 0 Å². The van der Waals surface area contributed by atoms with Crippen LogP contribution in [0.4, 0.5) is 35.1 Å². The van der Waals surface area contributed by atoms with Gasteiger partial charge in [-0.25, -0.2) is 27.2 Å². The topological polar surface area (TPSA) is 118 Å². The number of hydrogen-bond donors (Lipinski definition) is 3. The number of esters is 1. The number of ether oxygens (including phenoxy) is 1. The third kappa shape index (κ3) is 5.14. The molecule has 1 atom stereocenters. The zero-order valence-corrected chi connectivity index (χ0v) is 18.1. The van der Waals surface area contributed by atoms with Gasteiger partial charge in [-0.05, 0) is 42.3 Å². The van der Waals surface area contributed by atoms with Crippen molar-refractivity contribution in [1.29, 1.82) is 0 Å². The maximum Gasteiger partial charge on any atom is 0.353 e. The van der Waals surface area contributed by atoms with Gasteiger partial charge in [-0.1, -0.05) is 0 Å². The van der Waals surface area contributed by atoms with E-state index in [1.54, 1.807) is 6.92 Å². The number of hydrogen-bond acceptors (Lipinski definition) is 8. The Morgan fingerprint density at radius 3 is 2.38 bits per heavy atom. The van der Waals surface area contributed by atoms with Crippen molar-refractivity contribution in [3.8, 4) is 0 Å². The monoisotopic (exact) mass is 481 g/mol. The average molecular weight is 481 g/mol. The minimum Gasteiger partial charge on any atom is -0.465 e. The standard InChI is InChI=1S/C21H19F4N5O4/c1-9-4-12(22)11(18(32)34-3)7-15(9)27-19-28-20(30(2)21(33)29-19)26-8-16(31)10-5-13(23)17(25)14(24)6-10/h4-7,16,31H,8H2,1-3H3,(H2,26,27,28,29,33). The summed E-state index contributed by atoms with van der Waals surface area (Å²) in [5.41, 5.74) is -0.752. The second kappa shape index (κ2) is 9.87. The molecule has 1 unspecified atom stereocenters. The van der Waals surface area contributed by atoms with Crippen LogP contribution in [0.25, 0.3) is 0 Å². The van der Waals surface area contributed by atoms with Gasteiger partial charge in [-0.15, -0.1) is 0 Å². The lowest BCUT2D eigenvalue weighted by atomic mass is 10.1. The van der Waals surface area contributed by atoms with E-state index in [2.05, 4.69) is 25.3 Å². The number of methoxy groups -OCH3 is 1. The fourth-order valence-electron chi connectivity index (χ4n) is 2.94. The predicted molar refractivity (Wildman–Crippen MR) is 113 cm³/mol. The molecule has 0 spiro atoms. The molecular formula is C21H19F4N5O4. The quantitative estimate of drug-likeness (QED) is 0.268. The van der Waals surface area contributed by atoms with Crippen molar-refractivity contribution < 1.29 is 32.2 Å². The molecule has 0 aliphatic carbocycles. The molecule has 2 aromatic carbocycles. The van der Waals surface area contributed by atoms with Gasteiger partial charge in [0, 0.05) is 19.3 Å². The zero-order chi connectivity index (χ0) is 25.2. The highest BCUT2D eigenvalue weighted by atomic mass is 19.2. The molecule has 0 saturated heterocycles. The van der Waals surface area contributed by atoms with Crippen LogP contribution in [0, 0.1) is 30.2 Å². The van der Waals surface area contributed by atoms with Gasteiger partial charge in [0.05, 0.1) is 18.8 Å². The van der Waals surface area contributed by atoms with E-state index in [-0.39, 0.29) is 35.3 Å². The predicted octanol–water partition coefficient (Wildman–Crippen LogP) is 2.72. The minimum atomic E-state index is -1.66. The minimum absolute atomic E-state index is 0.0856. The number of aliphatic hydroxyl groups excluding tert-OH is 1. The van der Waals surface area contributed by atoms with Crippen LogP contribution in [-0.4, -0.2) is 39.3 Å². The van der Waals surface area contributed by atoms with Gasteiger partial charge in [0.2, 0.25) is 11.9 Å². The summed E-state index contributed by atoms with van der Waals surface area (Å²) in [5.74, 6) is -6.60. The van der Waals surface area contributed by atoms with E-state index < -0.39 is 41.0 Å². The van der Waals surface area contributed by atoms with Gasteiger partial charge in [0.1, 0.15) is 5.82 Å². The summed E-state index contributed by atoms with van der Waals surface area (Å²) in [6, 6.07) is 3.55. The molecule has 1 aromatic heterocycles. The lowest BCUT2D eigenvalue weighted by Gasteiger charge is -2.16. The summed E-state index contributed by atoms with van der Waals surface area (Å²) >= 11 is 0. The first-order valence-electron chi connectivity index (χ1n) is 9.68. The number of benzene rings is 2. The van der Waals surface area contributed by atoms with E-state index in [9.17, 15) is 32.3 Å². The Kier molecular flexibility index (Phi) is 7.15. The number of nitrogens with one attached hydrogen (secondary N) is 2. The molecule has 0 amide bonds. The van der Waals surface area contributed by atoms with Crippen molar-refractivity contribution in [3.63, 3.8) is 0 Å². The molecule has 3 rings (SSSR count). The first-order valence-corrected chi connectivity index (χ1v) is 9.68. The maximum absolute atomic E-state index is 14.1. The van der Waals surface area contributed by atoms with Crippen molar-refractivity contribution in [2.75, 3.05) is 24.3 Å².